The zero-order chi connectivity index (χ0) is 15.2. The summed E-state index contributed by atoms with van der Waals surface area (Å²) in [6.07, 6.45) is 1.60. The summed E-state index contributed by atoms with van der Waals surface area (Å²) in [5.74, 6) is 0.0324. The van der Waals surface area contributed by atoms with Crippen LogP contribution in [0.25, 0.3) is 0 Å². The molecule has 1 atom stereocenters. The molecule has 0 fully saturated rings. The fourth-order valence-corrected chi connectivity index (χ4v) is 2.06. The van der Waals surface area contributed by atoms with Crippen LogP contribution in [0.5, 0.6) is 0 Å². The Bertz CT molecular complexity index is 646. The molecular weight excluding hydrogens is 286 g/mol. The minimum atomic E-state index is -0.681. The second kappa shape index (κ2) is 6.81. The van der Waals surface area contributed by atoms with Gasteiger partial charge in [-0.3, -0.25) is 0 Å². The molecule has 1 aromatic carbocycles. The molecule has 1 heterocycles. The molecule has 0 saturated heterocycles. The number of carbonyl (C=O) groups excluding carboxylic acids is 1. The molecule has 1 unspecified atom stereocenters. The highest BCUT2D eigenvalue weighted by Crippen LogP contribution is 2.22. The van der Waals surface area contributed by atoms with Crippen molar-refractivity contribution in [1.29, 1.82) is 0 Å². The molecule has 6 heteroatoms. The number of nitrogens with one attached hydrogen (secondary N) is 1. The summed E-state index contributed by atoms with van der Waals surface area (Å²) < 4.78 is 4.85. The van der Waals surface area contributed by atoms with Crippen LogP contribution in [-0.4, -0.2) is 23.1 Å². The van der Waals surface area contributed by atoms with Crippen LogP contribution in [0.4, 0.5) is 5.82 Å². The zero-order valence-electron chi connectivity index (χ0n) is 11.4. The maximum absolute atomic E-state index is 12.0. The molecule has 0 bridgehead atoms. The number of hydrogen-bond donors (Lipinski definition) is 2. The van der Waals surface area contributed by atoms with Gasteiger partial charge in [0.1, 0.15) is 10.8 Å². The van der Waals surface area contributed by atoms with E-state index in [2.05, 4.69) is 10.3 Å². The van der Waals surface area contributed by atoms with Crippen LogP contribution in [0.2, 0.25) is 0 Å². The Labute approximate surface area is 128 Å². The van der Waals surface area contributed by atoms with E-state index in [-0.39, 0.29) is 4.99 Å². The van der Waals surface area contributed by atoms with Crippen molar-refractivity contribution >= 4 is 29.0 Å². The zero-order valence-corrected chi connectivity index (χ0v) is 12.3. The van der Waals surface area contributed by atoms with Crippen LogP contribution in [0.1, 0.15) is 17.2 Å². The van der Waals surface area contributed by atoms with Gasteiger partial charge < -0.3 is 15.8 Å². The van der Waals surface area contributed by atoms with Gasteiger partial charge in [0, 0.05) is 6.20 Å². The van der Waals surface area contributed by atoms with E-state index in [0.717, 1.165) is 5.56 Å². The molecular formula is C15H15N3O2S. The van der Waals surface area contributed by atoms with E-state index >= 15 is 0 Å². The highest BCUT2D eigenvalue weighted by atomic mass is 32.1. The molecule has 0 spiro atoms. The molecule has 108 valence electrons. The molecule has 2 aromatic rings. The Morgan fingerprint density at radius 2 is 2.00 bits per heavy atom. The van der Waals surface area contributed by atoms with Gasteiger partial charge >= 0.3 is 5.97 Å². The number of hydrogen-bond acceptors (Lipinski definition) is 5. The lowest BCUT2D eigenvalue weighted by Gasteiger charge is -2.19. The normalized spacial score (nSPS) is 11.5. The molecule has 0 aliphatic rings. The molecule has 3 N–H and O–H groups in total. The van der Waals surface area contributed by atoms with E-state index < -0.39 is 12.0 Å². The van der Waals surface area contributed by atoms with Gasteiger partial charge in [0.2, 0.25) is 0 Å². The first-order chi connectivity index (χ1) is 10.1. The van der Waals surface area contributed by atoms with Gasteiger partial charge in [-0.2, -0.15) is 0 Å². The van der Waals surface area contributed by atoms with Crippen molar-refractivity contribution in [3.05, 3.63) is 59.8 Å². The number of pyridine rings is 1. The van der Waals surface area contributed by atoms with Crippen LogP contribution in [0.3, 0.4) is 0 Å². The maximum atomic E-state index is 12.0. The lowest BCUT2D eigenvalue weighted by molar-refractivity contribution is -0.141. The second-order valence-corrected chi connectivity index (χ2v) is 4.71. The molecule has 5 nitrogen and oxygen atoms in total. The van der Waals surface area contributed by atoms with Crippen LogP contribution < -0.4 is 11.1 Å². The van der Waals surface area contributed by atoms with Crippen molar-refractivity contribution in [2.45, 2.75) is 6.04 Å². The first-order valence-corrected chi connectivity index (χ1v) is 6.68. The topological polar surface area (TPSA) is 77.2 Å². The number of nitrogens with two attached hydrogens (primary N) is 1. The number of ether oxygens (including phenoxy) is 1. The van der Waals surface area contributed by atoms with E-state index in [4.69, 9.17) is 22.7 Å². The van der Waals surface area contributed by atoms with Crippen molar-refractivity contribution in [2.75, 3.05) is 12.4 Å². The summed E-state index contributed by atoms with van der Waals surface area (Å²) in [5.41, 5.74) is 7.02. The van der Waals surface area contributed by atoms with E-state index in [1.165, 1.54) is 7.11 Å². The standard InChI is InChI=1S/C15H15N3O2S/c1-20-15(19)12(10-6-3-2-4-7-10)18-14-11(13(16)21)8-5-9-17-14/h2-9,12H,1H3,(H2,16,21)(H,17,18). The van der Waals surface area contributed by atoms with E-state index in [1.54, 1.807) is 18.3 Å². The Kier molecular flexibility index (Phi) is 4.84. The first kappa shape index (κ1) is 14.9. The Morgan fingerprint density at radius 3 is 2.62 bits per heavy atom. The average molecular weight is 301 g/mol. The van der Waals surface area contributed by atoms with Gasteiger partial charge in [0.15, 0.2) is 6.04 Å². The summed E-state index contributed by atoms with van der Waals surface area (Å²) in [7, 11) is 1.34. The average Bonchev–Trinajstić information content (AvgIpc) is 2.53. The van der Waals surface area contributed by atoms with Gasteiger partial charge in [0.25, 0.3) is 0 Å². The van der Waals surface area contributed by atoms with E-state index in [1.807, 2.05) is 30.3 Å². The SMILES string of the molecule is COC(=O)C(Nc1ncccc1C(N)=S)c1ccccc1. The lowest BCUT2D eigenvalue weighted by atomic mass is 10.1. The van der Waals surface area contributed by atoms with Crippen molar-refractivity contribution in [3.63, 3.8) is 0 Å². The predicted molar refractivity (Wildman–Crippen MR) is 84.9 cm³/mol. The summed E-state index contributed by atoms with van der Waals surface area (Å²) in [6, 6.07) is 12.0. The molecule has 21 heavy (non-hydrogen) atoms. The smallest absolute Gasteiger partial charge is 0.333 e. The molecule has 0 aliphatic carbocycles. The number of rotatable bonds is 5. The molecule has 0 saturated carbocycles. The fraction of sp³-hybridized carbons (Fsp3) is 0.133. The summed E-state index contributed by atoms with van der Waals surface area (Å²) >= 11 is 4.99. The molecule has 0 aliphatic heterocycles. The molecule has 2 rings (SSSR count). The number of thiocarbonyl (C=S) groups is 1. The third kappa shape index (κ3) is 3.55. The number of benzene rings is 1. The monoisotopic (exact) mass is 301 g/mol. The van der Waals surface area contributed by atoms with Crippen LogP contribution in [-0.2, 0) is 9.53 Å². The van der Waals surface area contributed by atoms with Crippen LogP contribution >= 0.6 is 12.2 Å². The van der Waals surface area contributed by atoms with Gasteiger partial charge in [0.05, 0.1) is 12.7 Å². The predicted octanol–water partition coefficient (Wildman–Crippen LogP) is 2.04. The van der Waals surface area contributed by atoms with Gasteiger partial charge in [-0.05, 0) is 17.7 Å². The lowest BCUT2D eigenvalue weighted by Crippen LogP contribution is -2.24. The summed E-state index contributed by atoms with van der Waals surface area (Å²) in [6.45, 7) is 0. The van der Waals surface area contributed by atoms with Crippen molar-refractivity contribution < 1.29 is 9.53 Å². The largest absolute Gasteiger partial charge is 0.467 e. The van der Waals surface area contributed by atoms with Crippen molar-refractivity contribution in [2.24, 2.45) is 5.73 Å². The maximum Gasteiger partial charge on any atom is 0.333 e. The Balaban J connectivity index is 2.37. The van der Waals surface area contributed by atoms with Crippen LogP contribution in [0, 0.1) is 0 Å². The van der Waals surface area contributed by atoms with Gasteiger partial charge in [-0.1, -0.05) is 42.5 Å². The molecule has 1 aromatic heterocycles. The number of nitrogens with zero attached hydrogens (tertiary/aromatic N) is 1. The van der Waals surface area contributed by atoms with Crippen molar-refractivity contribution in [3.8, 4) is 0 Å². The third-order valence-electron chi connectivity index (χ3n) is 2.92. The van der Waals surface area contributed by atoms with E-state index in [0.29, 0.717) is 11.4 Å². The Morgan fingerprint density at radius 1 is 1.29 bits per heavy atom. The quantitative estimate of drug-likeness (QED) is 0.650. The number of methoxy groups -OCH3 is 1. The number of esters is 1. The first-order valence-electron chi connectivity index (χ1n) is 6.27. The number of anilines is 1. The number of aromatic nitrogens is 1. The molecule has 0 amide bonds. The van der Waals surface area contributed by atoms with Gasteiger partial charge in [-0.15, -0.1) is 0 Å². The fourth-order valence-electron chi connectivity index (χ4n) is 1.90. The van der Waals surface area contributed by atoms with Crippen LogP contribution in [0.15, 0.2) is 48.7 Å². The summed E-state index contributed by atoms with van der Waals surface area (Å²) in [5, 5.41) is 3.04. The highest BCUT2D eigenvalue weighted by molar-refractivity contribution is 7.80. The highest BCUT2D eigenvalue weighted by Gasteiger charge is 2.22. The minimum Gasteiger partial charge on any atom is -0.467 e. The Hall–Kier alpha value is -2.47. The third-order valence-corrected chi connectivity index (χ3v) is 3.14. The number of carbonyl (C=O) groups is 1. The van der Waals surface area contributed by atoms with Gasteiger partial charge in [-0.25, -0.2) is 9.78 Å². The minimum absolute atomic E-state index is 0.210. The molecule has 0 radical (unpaired) electrons. The van der Waals surface area contributed by atoms with Crippen molar-refractivity contribution in [1.82, 2.24) is 4.98 Å². The van der Waals surface area contributed by atoms with E-state index in [9.17, 15) is 4.79 Å². The second-order valence-electron chi connectivity index (χ2n) is 4.28. The summed E-state index contributed by atoms with van der Waals surface area (Å²) in [4.78, 5) is 16.4.